The molecule has 0 aliphatic carbocycles. The van der Waals surface area contributed by atoms with E-state index in [-0.39, 0.29) is 0 Å². The molecular formula is C16H10Cl2P. The highest BCUT2D eigenvalue weighted by molar-refractivity contribution is 8.06. The fourth-order valence-electron chi connectivity index (χ4n) is 1.43. The molecule has 0 spiro atoms. The number of rotatable bonds is 2. The van der Waals surface area contributed by atoms with Crippen molar-refractivity contribution in [3.8, 4) is 11.8 Å². The van der Waals surface area contributed by atoms with Gasteiger partial charge in [-0.25, -0.2) is 0 Å². The number of hydrogen-bond donors (Lipinski definition) is 0. The van der Waals surface area contributed by atoms with Gasteiger partial charge >= 0.3 is 0 Å². The normalized spacial score (nSPS) is 11.0. The van der Waals surface area contributed by atoms with Crippen LogP contribution in [0.3, 0.4) is 0 Å². The Morgan fingerprint density at radius 1 is 0.789 bits per heavy atom. The van der Waals surface area contributed by atoms with Crippen LogP contribution in [0.25, 0.3) is 0 Å². The molecule has 0 saturated heterocycles. The van der Waals surface area contributed by atoms with E-state index in [1.807, 2.05) is 60.7 Å². The average Bonchev–Trinajstić information content (AvgIpc) is 2.45. The minimum atomic E-state index is -1.31. The molecule has 0 fully saturated rings. The summed E-state index contributed by atoms with van der Waals surface area (Å²) in [4.78, 5) is 0. The largest absolute Gasteiger partial charge is 0.126 e. The number of allylic oxidation sites excluding steroid dienone is 1. The summed E-state index contributed by atoms with van der Waals surface area (Å²) in [6, 6.07) is 19.4. The van der Waals surface area contributed by atoms with Crippen molar-refractivity contribution in [1.29, 1.82) is 0 Å². The van der Waals surface area contributed by atoms with Gasteiger partial charge in [-0.3, -0.25) is 0 Å². The molecule has 0 saturated carbocycles. The molecule has 0 atom stereocenters. The van der Waals surface area contributed by atoms with E-state index in [4.69, 9.17) is 22.5 Å². The summed E-state index contributed by atoms with van der Waals surface area (Å²) >= 11 is 12.0. The predicted octanol–water partition coefficient (Wildman–Crippen LogP) is 5.56. The first kappa shape index (κ1) is 14.2. The van der Waals surface area contributed by atoms with Crippen LogP contribution < -0.4 is 0 Å². The Labute approximate surface area is 124 Å². The van der Waals surface area contributed by atoms with Crippen molar-refractivity contribution in [3.05, 3.63) is 83.2 Å². The maximum Gasteiger partial charge on any atom is 0.126 e. The summed E-state index contributed by atoms with van der Waals surface area (Å²) in [5.74, 6) is 6.05. The Morgan fingerprint density at radius 3 is 1.84 bits per heavy atom. The lowest BCUT2D eigenvalue weighted by Crippen LogP contribution is -1.77. The van der Waals surface area contributed by atoms with Gasteiger partial charge in [-0.15, -0.1) is 0 Å². The van der Waals surface area contributed by atoms with Gasteiger partial charge in [-0.1, -0.05) is 82.9 Å². The first-order valence-electron chi connectivity index (χ1n) is 5.63. The van der Waals surface area contributed by atoms with E-state index in [0.717, 1.165) is 11.1 Å². The molecule has 0 aromatic heterocycles. The number of hydrogen-bond acceptors (Lipinski definition) is 0. The molecule has 0 aliphatic heterocycles. The lowest BCUT2D eigenvalue weighted by atomic mass is 10.2. The van der Waals surface area contributed by atoms with Crippen LogP contribution in [-0.2, 0) is 0 Å². The zero-order valence-electron chi connectivity index (χ0n) is 9.98. The summed E-state index contributed by atoms with van der Waals surface area (Å²) in [6.07, 6.45) is 3.16. The molecule has 0 unspecified atom stereocenters. The van der Waals surface area contributed by atoms with Crippen molar-refractivity contribution in [3.63, 3.8) is 0 Å². The molecule has 0 nitrogen and oxygen atoms in total. The topological polar surface area (TPSA) is 0 Å². The molecule has 93 valence electrons. The van der Waals surface area contributed by atoms with Crippen molar-refractivity contribution in [2.24, 2.45) is 0 Å². The third-order valence-electron chi connectivity index (χ3n) is 2.30. The Morgan fingerprint density at radius 2 is 1.32 bits per heavy atom. The summed E-state index contributed by atoms with van der Waals surface area (Å²) in [7, 11) is 0. The molecule has 0 N–H and O–H groups in total. The zero-order chi connectivity index (χ0) is 13.5. The van der Waals surface area contributed by atoms with Gasteiger partial charge in [0, 0.05) is 11.6 Å². The molecule has 19 heavy (non-hydrogen) atoms. The summed E-state index contributed by atoms with van der Waals surface area (Å²) in [5.41, 5.74) is 1.86. The van der Waals surface area contributed by atoms with Crippen LogP contribution >= 0.6 is 29.1 Å². The van der Waals surface area contributed by atoms with Crippen LogP contribution in [0.2, 0.25) is 0 Å². The standard InChI is InChI=1S/C16H10Cl2P/c17-19(18)16(13-15-9-5-2-6-10-15)12-11-14-7-3-1-4-8-14/h1-10H. The van der Waals surface area contributed by atoms with Gasteiger partial charge in [0.05, 0.1) is 5.31 Å². The molecule has 3 heteroatoms. The van der Waals surface area contributed by atoms with Crippen LogP contribution in [0.1, 0.15) is 11.1 Å². The second kappa shape index (κ2) is 7.37. The highest BCUT2D eigenvalue weighted by atomic mass is 35.9. The van der Waals surface area contributed by atoms with Crippen LogP contribution in [0, 0.1) is 17.9 Å². The predicted molar refractivity (Wildman–Crippen MR) is 84.2 cm³/mol. The van der Waals surface area contributed by atoms with Gasteiger partial charge in [-0.2, -0.15) is 0 Å². The molecule has 1 radical (unpaired) electrons. The SMILES string of the molecule is ClP(Cl)C(=[C]c1ccccc1)C#Cc1ccccc1. The molecule has 2 aromatic rings. The van der Waals surface area contributed by atoms with Gasteiger partial charge in [-0.05, 0) is 17.7 Å². The van der Waals surface area contributed by atoms with Gasteiger partial charge in [0.2, 0.25) is 0 Å². The molecule has 0 heterocycles. The highest BCUT2D eigenvalue weighted by Crippen LogP contribution is 2.54. The second-order valence-electron chi connectivity index (χ2n) is 3.69. The Bertz CT molecular complexity index is 607. The van der Waals surface area contributed by atoms with E-state index in [1.165, 1.54) is 0 Å². The van der Waals surface area contributed by atoms with Gasteiger partial charge in [0.1, 0.15) is 6.63 Å². The third kappa shape index (κ3) is 4.73. The van der Waals surface area contributed by atoms with E-state index >= 15 is 0 Å². The maximum atomic E-state index is 5.99. The van der Waals surface area contributed by atoms with Crippen LogP contribution in [-0.4, -0.2) is 0 Å². The minimum absolute atomic E-state index is 0.633. The summed E-state index contributed by atoms with van der Waals surface area (Å²) < 4.78 is 0. The van der Waals surface area contributed by atoms with Crippen molar-refractivity contribution < 1.29 is 0 Å². The van der Waals surface area contributed by atoms with Gasteiger partial charge < -0.3 is 0 Å². The fraction of sp³-hybridized carbons (Fsp3) is 0. The van der Waals surface area contributed by atoms with E-state index in [2.05, 4.69) is 17.9 Å². The number of halogens is 2. The quantitative estimate of drug-likeness (QED) is 0.503. The molecule has 2 rings (SSSR count). The second-order valence-corrected chi connectivity index (χ2v) is 7.15. The third-order valence-corrected chi connectivity index (χ3v) is 3.88. The van der Waals surface area contributed by atoms with Gasteiger partial charge in [0.25, 0.3) is 0 Å². The van der Waals surface area contributed by atoms with E-state index in [1.54, 1.807) is 0 Å². The van der Waals surface area contributed by atoms with E-state index in [9.17, 15) is 0 Å². The smallest absolute Gasteiger partial charge is 0.0720 e. The minimum Gasteiger partial charge on any atom is -0.0720 e. The fourth-order valence-corrected chi connectivity index (χ4v) is 2.29. The first-order valence-corrected chi connectivity index (χ1v) is 8.78. The van der Waals surface area contributed by atoms with Crippen molar-refractivity contribution in [1.82, 2.24) is 0 Å². The van der Waals surface area contributed by atoms with Gasteiger partial charge in [0.15, 0.2) is 0 Å². The molecule has 0 amide bonds. The molecule has 0 aliphatic rings. The molecule has 2 aromatic carbocycles. The van der Waals surface area contributed by atoms with Crippen molar-refractivity contribution in [2.45, 2.75) is 0 Å². The Hall–Kier alpha value is -1.25. The zero-order valence-corrected chi connectivity index (χ0v) is 12.4. The average molecular weight is 304 g/mol. The number of benzene rings is 2. The maximum absolute atomic E-state index is 5.99. The van der Waals surface area contributed by atoms with Crippen molar-refractivity contribution >= 4 is 29.1 Å². The van der Waals surface area contributed by atoms with E-state index in [0.29, 0.717) is 5.31 Å². The van der Waals surface area contributed by atoms with Crippen LogP contribution in [0.4, 0.5) is 0 Å². The lowest BCUT2D eigenvalue weighted by molar-refractivity contribution is 1.56. The Kier molecular flexibility index (Phi) is 5.49. The first-order chi connectivity index (χ1) is 9.25. The Balaban J connectivity index is 2.28. The lowest BCUT2D eigenvalue weighted by Gasteiger charge is -1.99. The monoisotopic (exact) mass is 303 g/mol. The molecular weight excluding hydrogens is 294 g/mol. The summed E-state index contributed by atoms with van der Waals surface area (Å²) in [5, 5.41) is 0.633. The summed E-state index contributed by atoms with van der Waals surface area (Å²) in [6.45, 7) is -1.31. The van der Waals surface area contributed by atoms with Crippen LogP contribution in [0.5, 0.6) is 0 Å². The van der Waals surface area contributed by atoms with Crippen molar-refractivity contribution in [2.75, 3.05) is 0 Å². The highest BCUT2D eigenvalue weighted by Gasteiger charge is 2.05. The molecule has 0 bridgehead atoms. The van der Waals surface area contributed by atoms with Crippen LogP contribution in [0.15, 0.2) is 66.0 Å². The van der Waals surface area contributed by atoms with E-state index < -0.39 is 6.63 Å².